The maximum Gasteiger partial charge on any atom is 0.258 e. The first-order valence-electron chi connectivity index (χ1n) is 8.04. The van der Waals surface area contributed by atoms with Crippen molar-refractivity contribution >= 4 is 21.8 Å². The third-order valence-electron chi connectivity index (χ3n) is 4.23. The number of carbonyl (C=O) groups is 1. The first kappa shape index (κ1) is 18.5. The maximum atomic E-state index is 12.2. The van der Waals surface area contributed by atoms with Crippen molar-refractivity contribution in [2.45, 2.75) is 40.7 Å². The molecule has 2 aromatic carbocycles. The van der Waals surface area contributed by atoms with E-state index in [0.29, 0.717) is 5.75 Å². The summed E-state index contributed by atoms with van der Waals surface area (Å²) in [6, 6.07) is 9.94. The molecule has 0 fully saturated rings. The van der Waals surface area contributed by atoms with Gasteiger partial charge in [-0.15, -0.1) is 0 Å². The second-order valence-electron chi connectivity index (χ2n) is 6.28. The minimum absolute atomic E-state index is 0.00923. The van der Waals surface area contributed by atoms with E-state index in [1.807, 2.05) is 32.0 Å². The number of carbonyl (C=O) groups excluding carboxylic acids is 1. The quantitative estimate of drug-likeness (QED) is 0.786. The van der Waals surface area contributed by atoms with Gasteiger partial charge in [0.1, 0.15) is 5.75 Å². The summed E-state index contributed by atoms with van der Waals surface area (Å²) >= 11 is 3.45. The summed E-state index contributed by atoms with van der Waals surface area (Å²) in [5.41, 5.74) is 5.91. The van der Waals surface area contributed by atoms with Crippen LogP contribution in [0, 0.1) is 27.7 Å². The molecule has 0 heterocycles. The van der Waals surface area contributed by atoms with Crippen LogP contribution in [0.4, 0.5) is 0 Å². The number of aryl methyl sites for hydroxylation is 4. The minimum atomic E-state index is -0.124. The smallest absolute Gasteiger partial charge is 0.258 e. The first-order valence-corrected chi connectivity index (χ1v) is 8.83. The molecule has 0 radical (unpaired) electrons. The van der Waals surface area contributed by atoms with Gasteiger partial charge in [-0.1, -0.05) is 28.1 Å². The molecule has 1 N–H and O–H groups in total. The molecule has 4 heteroatoms. The zero-order valence-corrected chi connectivity index (χ0v) is 16.5. The van der Waals surface area contributed by atoms with Gasteiger partial charge >= 0.3 is 0 Å². The van der Waals surface area contributed by atoms with Crippen molar-refractivity contribution in [2.75, 3.05) is 6.61 Å². The molecule has 0 bridgehead atoms. The highest BCUT2D eigenvalue weighted by atomic mass is 79.9. The molecule has 2 rings (SSSR count). The fourth-order valence-corrected chi connectivity index (χ4v) is 2.91. The monoisotopic (exact) mass is 389 g/mol. The molecule has 2 aromatic rings. The third kappa shape index (κ3) is 4.60. The van der Waals surface area contributed by atoms with Crippen LogP contribution in [0.5, 0.6) is 5.75 Å². The summed E-state index contributed by atoms with van der Waals surface area (Å²) in [5.74, 6) is 0.571. The number of halogens is 1. The Morgan fingerprint density at radius 3 is 2.38 bits per heavy atom. The van der Waals surface area contributed by atoms with Crippen molar-refractivity contribution in [3.8, 4) is 5.75 Å². The van der Waals surface area contributed by atoms with Gasteiger partial charge in [-0.3, -0.25) is 4.79 Å². The number of nitrogens with one attached hydrogen (secondary N) is 1. The molecule has 24 heavy (non-hydrogen) atoms. The lowest BCUT2D eigenvalue weighted by molar-refractivity contribution is -0.123. The van der Waals surface area contributed by atoms with Crippen LogP contribution in [-0.4, -0.2) is 12.5 Å². The van der Waals surface area contributed by atoms with Crippen molar-refractivity contribution in [1.82, 2.24) is 5.32 Å². The number of ether oxygens (including phenoxy) is 1. The molecule has 128 valence electrons. The van der Waals surface area contributed by atoms with Gasteiger partial charge in [-0.25, -0.2) is 0 Å². The van der Waals surface area contributed by atoms with E-state index in [1.54, 1.807) is 0 Å². The molecule has 0 aliphatic carbocycles. The Balaban J connectivity index is 1.96. The fraction of sp³-hybridized carbons (Fsp3) is 0.350. The van der Waals surface area contributed by atoms with Gasteiger partial charge in [-0.2, -0.15) is 0 Å². The van der Waals surface area contributed by atoms with Crippen LogP contribution in [0.1, 0.15) is 40.8 Å². The van der Waals surface area contributed by atoms with Crippen molar-refractivity contribution in [1.29, 1.82) is 0 Å². The second kappa shape index (κ2) is 7.84. The van der Waals surface area contributed by atoms with Gasteiger partial charge in [0.15, 0.2) is 6.61 Å². The number of hydrogen-bond acceptors (Lipinski definition) is 2. The first-order chi connectivity index (χ1) is 11.3. The van der Waals surface area contributed by atoms with Gasteiger partial charge in [-0.05, 0) is 80.6 Å². The van der Waals surface area contributed by atoms with Gasteiger partial charge < -0.3 is 10.1 Å². The van der Waals surface area contributed by atoms with Crippen molar-refractivity contribution < 1.29 is 9.53 Å². The molecule has 0 spiro atoms. The van der Waals surface area contributed by atoms with Gasteiger partial charge in [0, 0.05) is 4.47 Å². The lowest BCUT2D eigenvalue weighted by atomic mass is 9.96. The summed E-state index contributed by atoms with van der Waals surface area (Å²) in [4.78, 5) is 12.2. The van der Waals surface area contributed by atoms with E-state index in [-0.39, 0.29) is 18.6 Å². The lowest BCUT2D eigenvalue weighted by Gasteiger charge is -2.18. The highest BCUT2D eigenvalue weighted by Gasteiger charge is 2.13. The van der Waals surface area contributed by atoms with Crippen LogP contribution in [0.3, 0.4) is 0 Å². The number of benzene rings is 2. The average Bonchev–Trinajstić information content (AvgIpc) is 2.52. The maximum absolute atomic E-state index is 12.2. The molecule has 3 nitrogen and oxygen atoms in total. The van der Waals surface area contributed by atoms with Crippen LogP contribution in [-0.2, 0) is 4.79 Å². The summed E-state index contributed by atoms with van der Waals surface area (Å²) in [6.45, 7) is 10.3. The average molecular weight is 390 g/mol. The zero-order chi connectivity index (χ0) is 17.9. The van der Waals surface area contributed by atoms with E-state index in [1.165, 1.54) is 16.7 Å². The minimum Gasteiger partial charge on any atom is -0.484 e. The normalized spacial score (nSPS) is 11.9. The van der Waals surface area contributed by atoms with Crippen LogP contribution in [0.15, 0.2) is 34.8 Å². The van der Waals surface area contributed by atoms with Crippen LogP contribution >= 0.6 is 15.9 Å². The van der Waals surface area contributed by atoms with E-state index in [2.05, 4.69) is 54.2 Å². The highest BCUT2D eigenvalue weighted by molar-refractivity contribution is 9.10. The fourth-order valence-electron chi connectivity index (χ4n) is 2.67. The van der Waals surface area contributed by atoms with E-state index in [0.717, 1.165) is 15.6 Å². The molecular formula is C20H24BrNO2. The van der Waals surface area contributed by atoms with Gasteiger partial charge in [0.25, 0.3) is 5.91 Å². The molecular weight excluding hydrogens is 366 g/mol. The Kier molecular flexibility index (Phi) is 6.05. The third-order valence-corrected chi connectivity index (χ3v) is 5.12. The standard InChI is InChI=1S/C20H24BrNO2/c1-12-8-14(3)18(10-13(12)2)16(5)22-20(23)11-24-17-6-7-19(21)15(4)9-17/h6-10,16H,11H2,1-5H3,(H,22,23)/t16-/m0/s1. The number of amides is 1. The van der Waals surface area contributed by atoms with E-state index in [9.17, 15) is 4.79 Å². The largest absolute Gasteiger partial charge is 0.484 e. The second-order valence-corrected chi connectivity index (χ2v) is 7.14. The molecule has 0 aliphatic heterocycles. The van der Waals surface area contributed by atoms with Crippen molar-refractivity contribution in [3.63, 3.8) is 0 Å². The van der Waals surface area contributed by atoms with E-state index >= 15 is 0 Å². The molecule has 1 amide bonds. The van der Waals surface area contributed by atoms with Crippen LogP contribution in [0.25, 0.3) is 0 Å². The van der Waals surface area contributed by atoms with Crippen molar-refractivity contribution in [2.24, 2.45) is 0 Å². The molecule has 1 atom stereocenters. The molecule has 0 unspecified atom stereocenters. The van der Waals surface area contributed by atoms with E-state index < -0.39 is 0 Å². The van der Waals surface area contributed by atoms with Gasteiger partial charge in [0.05, 0.1) is 6.04 Å². The SMILES string of the molecule is Cc1cc(C)c([C@H](C)NC(=O)COc2ccc(Br)c(C)c2)cc1C. The predicted molar refractivity (Wildman–Crippen MR) is 102 cm³/mol. The van der Waals surface area contributed by atoms with Gasteiger partial charge in [0.2, 0.25) is 0 Å². The Bertz CT molecular complexity index is 756. The Morgan fingerprint density at radius 1 is 1.04 bits per heavy atom. The van der Waals surface area contributed by atoms with E-state index in [4.69, 9.17) is 4.74 Å². The Hall–Kier alpha value is -1.81. The van der Waals surface area contributed by atoms with Crippen LogP contribution < -0.4 is 10.1 Å². The molecule has 0 saturated carbocycles. The zero-order valence-electron chi connectivity index (χ0n) is 14.9. The highest BCUT2D eigenvalue weighted by Crippen LogP contribution is 2.23. The summed E-state index contributed by atoms with van der Waals surface area (Å²) in [5, 5.41) is 3.01. The van der Waals surface area contributed by atoms with Crippen molar-refractivity contribution in [3.05, 3.63) is 62.6 Å². The lowest BCUT2D eigenvalue weighted by Crippen LogP contribution is -2.31. The van der Waals surface area contributed by atoms with Crippen LogP contribution in [0.2, 0.25) is 0 Å². The Morgan fingerprint density at radius 2 is 1.71 bits per heavy atom. The Labute approximate surface area is 152 Å². The summed E-state index contributed by atoms with van der Waals surface area (Å²) in [7, 11) is 0. The number of hydrogen-bond donors (Lipinski definition) is 1. The topological polar surface area (TPSA) is 38.3 Å². The number of rotatable bonds is 5. The predicted octanol–water partition coefficient (Wildman–Crippen LogP) is 4.94. The molecule has 0 saturated heterocycles. The molecule has 0 aromatic heterocycles. The molecule has 0 aliphatic rings. The summed E-state index contributed by atoms with van der Waals surface area (Å²) in [6.07, 6.45) is 0. The summed E-state index contributed by atoms with van der Waals surface area (Å²) < 4.78 is 6.61.